The summed E-state index contributed by atoms with van der Waals surface area (Å²) >= 11 is 0. The fraction of sp³-hybridized carbons (Fsp3) is 1.00. The Labute approximate surface area is 119 Å². The highest BCUT2D eigenvalue weighted by Crippen LogP contribution is 2.20. The number of nitrogens with zero attached hydrogens (tertiary/aromatic N) is 1. The molecule has 2 heterocycles. The first-order valence-electron chi connectivity index (χ1n) is 8.22. The fourth-order valence-corrected chi connectivity index (χ4v) is 3.32. The van der Waals surface area contributed by atoms with Crippen LogP contribution < -0.4 is 5.32 Å². The first kappa shape index (κ1) is 15.3. The van der Waals surface area contributed by atoms with Crippen molar-refractivity contribution >= 4 is 0 Å². The lowest BCUT2D eigenvalue weighted by Crippen LogP contribution is -2.43. The molecule has 1 N–H and O–H groups in total. The van der Waals surface area contributed by atoms with Crippen molar-refractivity contribution < 1.29 is 4.74 Å². The molecular weight excluding hydrogens is 236 g/mol. The van der Waals surface area contributed by atoms with Gasteiger partial charge in [-0.05, 0) is 57.2 Å². The van der Waals surface area contributed by atoms with Crippen molar-refractivity contribution in [1.82, 2.24) is 10.2 Å². The molecule has 3 unspecified atom stereocenters. The average molecular weight is 268 g/mol. The Hall–Kier alpha value is -0.120. The normalized spacial score (nSPS) is 30.9. The molecule has 0 bridgehead atoms. The summed E-state index contributed by atoms with van der Waals surface area (Å²) in [5.41, 5.74) is 0. The topological polar surface area (TPSA) is 24.5 Å². The maximum absolute atomic E-state index is 5.84. The molecular formula is C16H32N2O. The SMILES string of the molecule is CC(CNC1CCOC(C(C)C)C1)CN1CCCC1. The van der Waals surface area contributed by atoms with Gasteiger partial charge in [0.25, 0.3) is 0 Å². The molecule has 2 fully saturated rings. The molecule has 112 valence electrons. The average Bonchev–Trinajstić information content (AvgIpc) is 2.89. The standard InChI is InChI=1S/C16H32N2O/c1-13(2)16-10-15(6-9-19-16)17-11-14(3)12-18-7-4-5-8-18/h13-17H,4-12H2,1-3H3. The van der Waals surface area contributed by atoms with Crippen molar-refractivity contribution in [2.45, 2.75) is 58.6 Å². The third-order valence-electron chi connectivity index (χ3n) is 4.58. The minimum absolute atomic E-state index is 0.458. The Kier molecular flexibility index (Phi) is 6.11. The largest absolute Gasteiger partial charge is 0.378 e. The van der Waals surface area contributed by atoms with Gasteiger partial charge in [-0.3, -0.25) is 0 Å². The number of nitrogens with one attached hydrogen (secondary N) is 1. The lowest BCUT2D eigenvalue weighted by molar-refractivity contribution is -0.0248. The van der Waals surface area contributed by atoms with E-state index < -0.39 is 0 Å². The van der Waals surface area contributed by atoms with Crippen molar-refractivity contribution in [2.24, 2.45) is 11.8 Å². The van der Waals surface area contributed by atoms with Gasteiger partial charge in [0.1, 0.15) is 0 Å². The van der Waals surface area contributed by atoms with E-state index in [1.807, 2.05) is 0 Å². The molecule has 3 nitrogen and oxygen atoms in total. The maximum atomic E-state index is 5.84. The lowest BCUT2D eigenvalue weighted by atomic mass is 9.95. The molecule has 0 spiro atoms. The molecule has 3 heteroatoms. The molecule has 0 aliphatic carbocycles. The van der Waals surface area contributed by atoms with Gasteiger partial charge in [-0.2, -0.15) is 0 Å². The molecule has 19 heavy (non-hydrogen) atoms. The summed E-state index contributed by atoms with van der Waals surface area (Å²) in [6.07, 6.45) is 5.63. The van der Waals surface area contributed by atoms with Crippen molar-refractivity contribution in [3.63, 3.8) is 0 Å². The van der Waals surface area contributed by atoms with Gasteiger partial charge < -0.3 is 15.0 Å². The highest BCUT2D eigenvalue weighted by atomic mass is 16.5. The summed E-state index contributed by atoms with van der Waals surface area (Å²) in [7, 11) is 0. The summed E-state index contributed by atoms with van der Waals surface area (Å²) in [5, 5.41) is 3.77. The number of rotatable bonds is 6. The third-order valence-corrected chi connectivity index (χ3v) is 4.58. The Bertz CT molecular complexity index is 251. The molecule has 0 aromatic rings. The molecule has 2 aliphatic heterocycles. The molecule has 0 amide bonds. The zero-order valence-corrected chi connectivity index (χ0v) is 13.0. The minimum atomic E-state index is 0.458. The van der Waals surface area contributed by atoms with Crippen LogP contribution in [0.2, 0.25) is 0 Å². The number of hydrogen-bond acceptors (Lipinski definition) is 3. The van der Waals surface area contributed by atoms with Gasteiger partial charge in [0.15, 0.2) is 0 Å². The summed E-state index contributed by atoms with van der Waals surface area (Å²) < 4.78 is 5.84. The molecule has 0 radical (unpaired) electrons. The molecule has 2 aliphatic rings. The number of ether oxygens (including phenoxy) is 1. The quantitative estimate of drug-likeness (QED) is 0.801. The van der Waals surface area contributed by atoms with Gasteiger partial charge in [-0.1, -0.05) is 20.8 Å². The van der Waals surface area contributed by atoms with Gasteiger partial charge in [-0.15, -0.1) is 0 Å². The van der Waals surface area contributed by atoms with Crippen molar-refractivity contribution in [3.05, 3.63) is 0 Å². The second-order valence-corrected chi connectivity index (χ2v) is 6.90. The Morgan fingerprint density at radius 2 is 1.95 bits per heavy atom. The van der Waals surface area contributed by atoms with Crippen LogP contribution in [-0.2, 0) is 4.74 Å². The van der Waals surface area contributed by atoms with Crippen LogP contribution in [0.4, 0.5) is 0 Å². The summed E-state index contributed by atoms with van der Waals surface area (Å²) in [4.78, 5) is 2.62. The van der Waals surface area contributed by atoms with Crippen LogP contribution in [-0.4, -0.2) is 49.8 Å². The van der Waals surface area contributed by atoms with E-state index in [9.17, 15) is 0 Å². The van der Waals surface area contributed by atoms with E-state index in [-0.39, 0.29) is 0 Å². The second kappa shape index (κ2) is 7.61. The molecule has 2 saturated heterocycles. The molecule has 2 rings (SSSR count). The van der Waals surface area contributed by atoms with Gasteiger partial charge in [-0.25, -0.2) is 0 Å². The molecule has 3 atom stereocenters. The van der Waals surface area contributed by atoms with Crippen LogP contribution in [0.15, 0.2) is 0 Å². The van der Waals surface area contributed by atoms with E-state index in [0.717, 1.165) is 19.1 Å². The van der Waals surface area contributed by atoms with E-state index in [1.54, 1.807) is 0 Å². The van der Waals surface area contributed by atoms with Gasteiger partial charge in [0, 0.05) is 19.2 Å². The number of likely N-dealkylation sites (tertiary alicyclic amines) is 1. The van der Waals surface area contributed by atoms with Crippen LogP contribution in [0, 0.1) is 11.8 Å². The maximum Gasteiger partial charge on any atom is 0.0612 e. The Balaban J connectivity index is 1.63. The van der Waals surface area contributed by atoms with E-state index in [1.165, 1.54) is 45.3 Å². The smallest absolute Gasteiger partial charge is 0.0612 e. The highest BCUT2D eigenvalue weighted by Gasteiger charge is 2.25. The van der Waals surface area contributed by atoms with Crippen LogP contribution in [0.25, 0.3) is 0 Å². The summed E-state index contributed by atoms with van der Waals surface area (Å²) in [5.74, 6) is 1.41. The first-order valence-corrected chi connectivity index (χ1v) is 8.22. The first-order chi connectivity index (χ1) is 9.15. The van der Waals surface area contributed by atoms with E-state index in [0.29, 0.717) is 18.1 Å². The minimum Gasteiger partial charge on any atom is -0.378 e. The van der Waals surface area contributed by atoms with Gasteiger partial charge in [0.05, 0.1) is 6.10 Å². The molecule has 0 aromatic heterocycles. The Morgan fingerprint density at radius 3 is 2.63 bits per heavy atom. The fourth-order valence-electron chi connectivity index (χ4n) is 3.32. The summed E-state index contributed by atoms with van der Waals surface area (Å²) in [6, 6.07) is 0.669. The lowest BCUT2D eigenvalue weighted by Gasteiger charge is -2.33. The van der Waals surface area contributed by atoms with Crippen LogP contribution in [0.3, 0.4) is 0 Å². The van der Waals surface area contributed by atoms with E-state index in [2.05, 4.69) is 31.0 Å². The molecule has 0 aromatic carbocycles. The van der Waals surface area contributed by atoms with Crippen molar-refractivity contribution in [3.8, 4) is 0 Å². The zero-order chi connectivity index (χ0) is 13.7. The predicted molar refractivity (Wildman–Crippen MR) is 80.4 cm³/mol. The monoisotopic (exact) mass is 268 g/mol. The van der Waals surface area contributed by atoms with Gasteiger partial charge in [0.2, 0.25) is 0 Å². The summed E-state index contributed by atoms with van der Waals surface area (Å²) in [6.45, 7) is 12.9. The van der Waals surface area contributed by atoms with E-state index in [4.69, 9.17) is 4.74 Å². The van der Waals surface area contributed by atoms with Crippen LogP contribution >= 0.6 is 0 Å². The highest BCUT2D eigenvalue weighted by molar-refractivity contribution is 4.80. The van der Waals surface area contributed by atoms with Crippen LogP contribution in [0.1, 0.15) is 46.5 Å². The number of hydrogen-bond donors (Lipinski definition) is 1. The second-order valence-electron chi connectivity index (χ2n) is 6.90. The van der Waals surface area contributed by atoms with Crippen LogP contribution in [0.5, 0.6) is 0 Å². The van der Waals surface area contributed by atoms with Crippen molar-refractivity contribution in [2.75, 3.05) is 32.8 Å². The zero-order valence-electron chi connectivity index (χ0n) is 13.0. The predicted octanol–water partition coefficient (Wildman–Crippen LogP) is 2.51. The Morgan fingerprint density at radius 1 is 1.21 bits per heavy atom. The van der Waals surface area contributed by atoms with E-state index >= 15 is 0 Å². The van der Waals surface area contributed by atoms with Crippen molar-refractivity contribution in [1.29, 1.82) is 0 Å². The van der Waals surface area contributed by atoms with Gasteiger partial charge >= 0.3 is 0 Å². The molecule has 0 saturated carbocycles. The third kappa shape index (κ3) is 5.05.